The molecule has 1 aromatic carbocycles. The van der Waals surface area contributed by atoms with Gasteiger partial charge in [-0.2, -0.15) is 0 Å². The van der Waals surface area contributed by atoms with E-state index in [0.717, 1.165) is 35.4 Å². The molecule has 1 aliphatic rings. The molecule has 122 valence electrons. The fourth-order valence-electron chi connectivity index (χ4n) is 3.00. The van der Waals surface area contributed by atoms with Gasteiger partial charge in [-0.15, -0.1) is 21.5 Å². The minimum Gasteiger partial charge on any atom is -0.296 e. The van der Waals surface area contributed by atoms with Gasteiger partial charge in [0.25, 0.3) is 5.91 Å². The summed E-state index contributed by atoms with van der Waals surface area (Å²) in [6.07, 6.45) is 3.24. The lowest BCUT2D eigenvalue weighted by Crippen LogP contribution is -2.16. The lowest BCUT2D eigenvalue weighted by molar-refractivity contribution is 0.102. The molecule has 1 amide bonds. The average Bonchev–Trinajstić information content (AvgIpc) is 3.22. The molecule has 2 aromatic heterocycles. The Hall–Kier alpha value is -2.05. The molecule has 24 heavy (non-hydrogen) atoms. The average molecular weight is 355 g/mol. The first-order valence-corrected chi connectivity index (χ1v) is 9.70. The number of amides is 1. The second kappa shape index (κ2) is 6.45. The first-order chi connectivity index (χ1) is 11.7. The van der Waals surface area contributed by atoms with Crippen LogP contribution in [0, 0.1) is 5.92 Å². The number of rotatable bonds is 3. The van der Waals surface area contributed by atoms with Crippen molar-refractivity contribution in [3.8, 4) is 10.6 Å². The minimum atomic E-state index is -0.0715. The Bertz CT molecular complexity index is 870. The summed E-state index contributed by atoms with van der Waals surface area (Å²) < 4.78 is 0. The number of carbonyl (C=O) groups excluding carboxylic acids is 1. The van der Waals surface area contributed by atoms with Crippen LogP contribution in [0.3, 0.4) is 0 Å². The zero-order valence-corrected chi connectivity index (χ0v) is 14.9. The van der Waals surface area contributed by atoms with Crippen molar-refractivity contribution in [3.63, 3.8) is 0 Å². The van der Waals surface area contributed by atoms with Crippen molar-refractivity contribution in [2.75, 3.05) is 5.32 Å². The Morgan fingerprint density at radius 3 is 2.92 bits per heavy atom. The van der Waals surface area contributed by atoms with Crippen LogP contribution in [0.5, 0.6) is 0 Å². The number of nitrogens with one attached hydrogen (secondary N) is 1. The van der Waals surface area contributed by atoms with E-state index in [2.05, 4.69) is 22.4 Å². The second-order valence-corrected chi connectivity index (χ2v) is 8.07. The third-order valence-corrected chi connectivity index (χ3v) is 6.25. The molecule has 0 fully saturated rings. The highest BCUT2D eigenvalue weighted by Crippen LogP contribution is 2.33. The molecule has 0 saturated carbocycles. The number of hydrogen-bond acceptors (Lipinski definition) is 5. The summed E-state index contributed by atoms with van der Waals surface area (Å²) in [5.41, 5.74) is 3.04. The van der Waals surface area contributed by atoms with Gasteiger partial charge in [-0.1, -0.05) is 48.6 Å². The SMILES string of the molecule is CC1CCc2c(C(=O)Nc3nnc(-c4ccccc4)s3)csc2C1. The zero-order valence-electron chi connectivity index (χ0n) is 13.3. The van der Waals surface area contributed by atoms with E-state index in [1.165, 1.54) is 21.8 Å². The van der Waals surface area contributed by atoms with Gasteiger partial charge in [-0.25, -0.2) is 0 Å². The van der Waals surface area contributed by atoms with Gasteiger partial charge in [0.1, 0.15) is 5.01 Å². The van der Waals surface area contributed by atoms with Crippen LogP contribution in [-0.4, -0.2) is 16.1 Å². The Morgan fingerprint density at radius 1 is 1.25 bits per heavy atom. The predicted octanol–water partition coefficient (Wildman–Crippen LogP) is 4.64. The summed E-state index contributed by atoms with van der Waals surface area (Å²) in [5.74, 6) is 0.640. The van der Waals surface area contributed by atoms with E-state index in [1.807, 2.05) is 35.7 Å². The molecule has 0 aliphatic heterocycles. The monoisotopic (exact) mass is 355 g/mol. The summed E-state index contributed by atoms with van der Waals surface area (Å²) in [5, 5.41) is 14.5. The van der Waals surface area contributed by atoms with Crippen LogP contribution in [0.2, 0.25) is 0 Å². The maximum Gasteiger partial charge on any atom is 0.258 e. The number of aromatic nitrogens is 2. The van der Waals surface area contributed by atoms with Crippen LogP contribution in [0.4, 0.5) is 5.13 Å². The van der Waals surface area contributed by atoms with Crippen molar-refractivity contribution in [3.05, 3.63) is 51.7 Å². The molecule has 3 aromatic rings. The zero-order chi connectivity index (χ0) is 16.5. The lowest BCUT2D eigenvalue weighted by atomic mass is 9.88. The van der Waals surface area contributed by atoms with Gasteiger partial charge < -0.3 is 0 Å². The van der Waals surface area contributed by atoms with Gasteiger partial charge in [-0.05, 0) is 30.7 Å². The molecule has 0 saturated heterocycles. The molecule has 0 spiro atoms. The fraction of sp³-hybridized carbons (Fsp3) is 0.278. The second-order valence-electron chi connectivity index (χ2n) is 6.13. The Kier molecular flexibility index (Phi) is 4.16. The van der Waals surface area contributed by atoms with Crippen LogP contribution in [0.1, 0.15) is 34.1 Å². The predicted molar refractivity (Wildman–Crippen MR) is 98.8 cm³/mol. The number of fused-ring (bicyclic) bond motifs is 1. The number of hydrogen-bond donors (Lipinski definition) is 1. The number of benzene rings is 1. The first kappa shape index (κ1) is 15.5. The normalized spacial score (nSPS) is 16.6. The molecule has 1 aliphatic carbocycles. The van der Waals surface area contributed by atoms with Gasteiger partial charge in [0.15, 0.2) is 0 Å². The Labute approximate surface area is 148 Å². The van der Waals surface area contributed by atoms with E-state index in [-0.39, 0.29) is 5.91 Å². The maximum absolute atomic E-state index is 12.6. The van der Waals surface area contributed by atoms with E-state index in [4.69, 9.17) is 0 Å². The third kappa shape index (κ3) is 2.99. The van der Waals surface area contributed by atoms with E-state index in [9.17, 15) is 4.79 Å². The topological polar surface area (TPSA) is 54.9 Å². The third-order valence-electron chi connectivity index (χ3n) is 4.31. The summed E-state index contributed by atoms with van der Waals surface area (Å²) in [6, 6.07) is 9.88. The van der Waals surface area contributed by atoms with Crippen LogP contribution in [-0.2, 0) is 12.8 Å². The number of anilines is 1. The van der Waals surface area contributed by atoms with E-state index in [0.29, 0.717) is 11.0 Å². The van der Waals surface area contributed by atoms with Crippen molar-refractivity contribution >= 4 is 33.7 Å². The van der Waals surface area contributed by atoms with Crippen LogP contribution >= 0.6 is 22.7 Å². The molecule has 2 heterocycles. The molecule has 0 bridgehead atoms. The molecule has 1 atom stereocenters. The number of carbonyl (C=O) groups is 1. The summed E-state index contributed by atoms with van der Waals surface area (Å²) in [6.45, 7) is 2.27. The van der Waals surface area contributed by atoms with Crippen molar-refractivity contribution in [1.82, 2.24) is 10.2 Å². The van der Waals surface area contributed by atoms with Crippen molar-refractivity contribution in [1.29, 1.82) is 0 Å². The van der Waals surface area contributed by atoms with Crippen LogP contribution in [0.15, 0.2) is 35.7 Å². The molecule has 1 N–H and O–H groups in total. The molecule has 6 heteroatoms. The molecule has 4 rings (SSSR count). The highest BCUT2D eigenvalue weighted by atomic mass is 32.1. The van der Waals surface area contributed by atoms with E-state index < -0.39 is 0 Å². The molecular formula is C18H17N3OS2. The first-order valence-electron chi connectivity index (χ1n) is 8.00. The highest BCUT2D eigenvalue weighted by Gasteiger charge is 2.23. The summed E-state index contributed by atoms with van der Waals surface area (Å²) >= 11 is 3.10. The smallest absolute Gasteiger partial charge is 0.258 e. The maximum atomic E-state index is 12.6. The Morgan fingerprint density at radius 2 is 2.08 bits per heavy atom. The van der Waals surface area contributed by atoms with E-state index >= 15 is 0 Å². The fourth-order valence-corrected chi connectivity index (χ4v) is 4.99. The van der Waals surface area contributed by atoms with Crippen molar-refractivity contribution < 1.29 is 4.79 Å². The van der Waals surface area contributed by atoms with Crippen LogP contribution in [0.25, 0.3) is 10.6 Å². The number of nitrogens with zero attached hydrogens (tertiary/aromatic N) is 2. The van der Waals surface area contributed by atoms with Gasteiger partial charge >= 0.3 is 0 Å². The quantitative estimate of drug-likeness (QED) is 0.744. The van der Waals surface area contributed by atoms with Gasteiger partial charge in [0.05, 0.1) is 5.56 Å². The van der Waals surface area contributed by atoms with Gasteiger partial charge in [0.2, 0.25) is 5.13 Å². The largest absolute Gasteiger partial charge is 0.296 e. The standard InChI is InChI=1S/C18H17N3OS2/c1-11-7-8-13-14(10-23-15(13)9-11)16(22)19-18-21-20-17(24-18)12-5-3-2-4-6-12/h2-6,10-11H,7-9H2,1H3,(H,19,21,22). The molecule has 4 nitrogen and oxygen atoms in total. The molecule has 1 unspecified atom stereocenters. The van der Waals surface area contributed by atoms with Crippen molar-refractivity contribution in [2.24, 2.45) is 5.92 Å². The van der Waals surface area contributed by atoms with Gasteiger partial charge in [-0.3, -0.25) is 10.1 Å². The number of thiophene rings is 1. The molecular weight excluding hydrogens is 338 g/mol. The summed E-state index contributed by atoms with van der Waals surface area (Å²) in [7, 11) is 0. The molecule has 0 radical (unpaired) electrons. The minimum absolute atomic E-state index is 0.0715. The van der Waals surface area contributed by atoms with Crippen LogP contribution < -0.4 is 5.32 Å². The van der Waals surface area contributed by atoms with Gasteiger partial charge in [0, 0.05) is 15.8 Å². The highest BCUT2D eigenvalue weighted by molar-refractivity contribution is 7.18. The van der Waals surface area contributed by atoms with E-state index in [1.54, 1.807) is 11.3 Å². The Balaban J connectivity index is 1.52. The van der Waals surface area contributed by atoms with Crippen molar-refractivity contribution in [2.45, 2.75) is 26.2 Å². The lowest BCUT2D eigenvalue weighted by Gasteiger charge is -2.18. The summed E-state index contributed by atoms with van der Waals surface area (Å²) in [4.78, 5) is 14.0.